The standard InChI is InChI=1S/C29H23N3O3S/c1-21-8-6-7-11-27(21)29(34)31-25-16-14-22(15-17-25)12-13-23-18-24(20-30-19-23)28(33)32-36(2,35)26-9-4-3-5-10-26/h3-11,14-20H,1-2H3,(H,31,34)/t36-/m0/s1. The molecule has 0 bridgehead atoms. The number of hydrogen-bond acceptors (Lipinski definition) is 4. The van der Waals surface area contributed by atoms with Crippen LogP contribution in [0.5, 0.6) is 0 Å². The Hall–Kier alpha value is -4.54. The first-order valence-corrected chi connectivity index (χ1v) is 13.0. The molecule has 7 heteroatoms. The zero-order valence-electron chi connectivity index (χ0n) is 19.8. The smallest absolute Gasteiger partial charge is 0.286 e. The maximum atomic E-state index is 12.9. The van der Waals surface area contributed by atoms with Crippen molar-refractivity contribution in [2.45, 2.75) is 11.8 Å². The average molecular weight is 494 g/mol. The molecule has 4 aromatic rings. The summed E-state index contributed by atoms with van der Waals surface area (Å²) in [4.78, 5) is 29.7. The normalized spacial score (nSPS) is 11.9. The topological polar surface area (TPSA) is 88.5 Å². The van der Waals surface area contributed by atoms with Crippen LogP contribution >= 0.6 is 0 Å². The zero-order valence-corrected chi connectivity index (χ0v) is 20.6. The number of rotatable bonds is 4. The fourth-order valence-corrected chi connectivity index (χ4v) is 4.56. The number of benzene rings is 3. The Morgan fingerprint density at radius 3 is 2.25 bits per heavy atom. The Labute approximate surface area is 210 Å². The van der Waals surface area contributed by atoms with Gasteiger partial charge in [0.2, 0.25) is 0 Å². The molecule has 1 aromatic heterocycles. The minimum atomic E-state index is -2.88. The minimum absolute atomic E-state index is 0.173. The quantitative estimate of drug-likeness (QED) is 0.389. The van der Waals surface area contributed by atoms with Crippen LogP contribution in [0.2, 0.25) is 0 Å². The molecular weight excluding hydrogens is 470 g/mol. The molecule has 1 atom stereocenters. The van der Waals surface area contributed by atoms with Crippen molar-refractivity contribution in [3.63, 3.8) is 0 Å². The van der Waals surface area contributed by atoms with E-state index in [1.165, 1.54) is 12.5 Å². The summed E-state index contributed by atoms with van der Waals surface area (Å²) in [5.74, 6) is 5.21. The van der Waals surface area contributed by atoms with E-state index in [0.29, 0.717) is 21.7 Å². The highest BCUT2D eigenvalue weighted by Gasteiger charge is 2.12. The van der Waals surface area contributed by atoms with Crippen LogP contribution < -0.4 is 5.32 Å². The fourth-order valence-electron chi connectivity index (χ4n) is 3.37. The van der Waals surface area contributed by atoms with Gasteiger partial charge in [0, 0.05) is 45.9 Å². The molecule has 0 spiro atoms. The van der Waals surface area contributed by atoms with E-state index in [9.17, 15) is 13.8 Å². The van der Waals surface area contributed by atoms with Crippen LogP contribution in [-0.2, 0) is 9.73 Å². The Morgan fingerprint density at radius 1 is 0.861 bits per heavy atom. The highest BCUT2D eigenvalue weighted by Crippen LogP contribution is 2.15. The number of aryl methyl sites for hydroxylation is 1. The van der Waals surface area contributed by atoms with Gasteiger partial charge < -0.3 is 5.32 Å². The van der Waals surface area contributed by atoms with Crippen LogP contribution in [-0.4, -0.2) is 27.3 Å². The molecule has 0 aliphatic heterocycles. The third-order valence-electron chi connectivity index (χ3n) is 5.31. The maximum absolute atomic E-state index is 12.9. The number of anilines is 1. The van der Waals surface area contributed by atoms with E-state index in [1.54, 1.807) is 66.9 Å². The molecule has 4 rings (SSSR count). The summed E-state index contributed by atoms with van der Waals surface area (Å²) in [5, 5.41) is 2.88. The highest BCUT2D eigenvalue weighted by molar-refractivity contribution is 7.93. The van der Waals surface area contributed by atoms with E-state index in [2.05, 4.69) is 26.5 Å². The average Bonchev–Trinajstić information content (AvgIpc) is 2.89. The molecule has 0 fully saturated rings. The van der Waals surface area contributed by atoms with Gasteiger partial charge in [0.15, 0.2) is 0 Å². The second kappa shape index (κ2) is 10.8. The number of carbonyl (C=O) groups excluding carboxylic acids is 2. The Bertz CT molecular complexity index is 1610. The largest absolute Gasteiger partial charge is 0.322 e. The molecule has 3 aromatic carbocycles. The number of aromatic nitrogens is 1. The molecule has 178 valence electrons. The summed E-state index contributed by atoms with van der Waals surface area (Å²) < 4.78 is 16.8. The molecule has 0 aliphatic carbocycles. The second-order valence-corrected chi connectivity index (χ2v) is 10.3. The number of pyridine rings is 1. The van der Waals surface area contributed by atoms with Gasteiger partial charge in [-0.2, -0.15) is 4.36 Å². The van der Waals surface area contributed by atoms with Crippen molar-refractivity contribution < 1.29 is 13.8 Å². The number of hydrogen-bond donors (Lipinski definition) is 1. The third-order valence-corrected chi connectivity index (χ3v) is 6.97. The summed E-state index contributed by atoms with van der Waals surface area (Å²) in [5.41, 5.74) is 3.65. The summed E-state index contributed by atoms with van der Waals surface area (Å²) in [7, 11) is -2.88. The number of nitrogens with one attached hydrogen (secondary N) is 1. The van der Waals surface area contributed by atoms with Crippen LogP contribution in [0.1, 0.15) is 37.4 Å². The number of amides is 2. The Kier molecular flexibility index (Phi) is 7.38. The summed E-state index contributed by atoms with van der Waals surface area (Å²) in [6.45, 7) is 1.89. The Morgan fingerprint density at radius 2 is 1.53 bits per heavy atom. The van der Waals surface area contributed by atoms with E-state index < -0.39 is 15.6 Å². The van der Waals surface area contributed by atoms with Crippen LogP contribution in [0, 0.1) is 18.8 Å². The highest BCUT2D eigenvalue weighted by atomic mass is 32.2. The number of nitrogens with zero attached hydrogens (tertiary/aromatic N) is 2. The predicted molar refractivity (Wildman–Crippen MR) is 141 cm³/mol. The molecule has 6 nitrogen and oxygen atoms in total. The predicted octanol–water partition coefficient (Wildman–Crippen LogP) is 5.34. The van der Waals surface area contributed by atoms with Gasteiger partial charge in [-0.15, -0.1) is 0 Å². The van der Waals surface area contributed by atoms with Gasteiger partial charge in [-0.3, -0.25) is 14.6 Å². The molecule has 1 N–H and O–H groups in total. The van der Waals surface area contributed by atoms with Crippen molar-refractivity contribution in [1.82, 2.24) is 4.98 Å². The summed E-state index contributed by atoms with van der Waals surface area (Å²) >= 11 is 0. The first kappa shape index (κ1) is 24.6. The lowest BCUT2D eigenvalue weighted by atomic mass is 10.1. The van der Waals surface area contributed by atoms with Crippen molar-refractivity contribution >= 4 is 27.2 Å². The van der Waals surface area contributed by atoms with Gasteiger partial charge in [-0.25, -0.2) is 4.21 Å². The van der Waals surface area contributed by atoms with E-state index in [1.807, 2.05) is 31.2 Å². The van der Waals surface area contributed by atoms with E-state index in [4.69, 9.17) is 0 Å². The van der Waals surface area contributed by atoms with Gasteiger partial charge in [-0.05, 0) is 61.0 Å². The first-order chi connectivity index (χ1) is 17.3. The van der Waals surface area contributed by atoms with Gasteiger partial charge in [0.1, 0.15) is 0 Å². The fraction of sp³-hybridized carbons (Fsp3) is 0.0690. The zero-order chi connectivity index (χ0) is 25.5. The van der Waals surface area contributed by atoms with Crippen LogP contribution in [0.3, 0.4) is 0 Å². The molecule has 0 radical (unpaired) electrons. The molecule has 0 saturated heterocycles. The van der Waals surface area contributed by atoms with E-state index in [-0.39, 0.29) is 11.5 Å². The summed E-state index contributed by atoms with van der Waals surface area (Å²) in [6.07, 6.45) is 4.36. The van der Waals surface area contributed by atoms with Crippen LogP contribution in [0.4, 0.5) is 5.69 Å². The molecule has 1 heterocycles. The monoisotopic (exact) mass is 493 g/mol. The molecular formula is C29H23N3O3S. The lowest BCUT2D eigenvalue weighted by molar-refractivity contribution is 0.100. The van der Waals surface area contributed by atoms with Crippen molar-refractivity contribution in [2.75, 3.05) is 11.6 Å². The van der Waals surface area contributed by atoms with Gasteiger partial charge in [0.25, 0.3) is 11.8 Å². The van der Waals surface area contributed by atoms with Gasteiger partial charge in [-0.1, -0.05) is 48.2 Å². The first-order valence-electron chi connectivity index (χ1n) is 11.1. The second-order valence-electron chi connectivity index (χ2n) is 8.07. The van der Waals surface area contributed by atoms with Crippen LogP contribution in [0.15, 0.2) is 107 Å². The molecule has 2 amide bonds. The minimum Gasteiger partial charge on any atom is -0.322 e. The van der Waals surface area contributed by atoms with Crippen molar-refractivity contribution in [1.29, 1.82) is 0 Å². The number of carbonyl (C=O) groups is 2. The van der Waals surface area contributed by atoms with Gasteiger partial charge >= 0.3 is 0 Å². The summed E-state index contributed by atoms with van der Waals surface area (Å²) in [6, 6.07) is 24.8. The molecule has 0 aliphatic rings. The third kappa shape index (κ3) is 6.12. The molecule has 0 unspecified atom stereocenters. The van der Waals surface area contributed by atoms with Crippen molar-refractivity contribution in [2.24, 2.45) is 4.36 Å². The van der Waals surface area contributed by atoms with Crippen molar-refractivity contribution in [3.8, 4) is 11.8 Å². The van der Waals surface area contributed by atoms with E-state index in [0.717, 1.165) is 11.1 Å². The lowest BCUT2D eigenvalue weighted by Gasteiger charge is -2.07. The van der Waals surface area contributed by atoms with Crippen molar-refractivity contribution in [3.05, 3.63) is 125 Å². The lowest BCUT2D eigenvalue weighted by Crippen LogP contribution is -2.13. The van der Waals surface area contributed by atoms with E-state index >= 15 is 0 Å². The molecule has 0 saturated carbocycles. The van der Waals surface area contributed by atoms with Gasteiger partial charge in [0.05, 0.1) is 15.3 Å². The maximum Gasteiger partial charge on any atom is 0.286 e. The van der Waals surface area contributed by atoms with Crippen LogP contribution in [0.25, 0.3) is 0 Å². The Balaban J connectivity index is 1.47. The SMILES string of the molecule is Cc1ccccc1C(=O)Nc1ccc(C#Cc2cncc(C(=O)N=[S@@](C)(=O)c3ccccc3)c2)cc1. The molecule has 36 heavy (non-hydrogen) atoms.